The van der Waals surface area contributed by atoms with Crippen molar-refractivity contribution in [3.8, 4) is 0 Å². The normalized spacial score (nSPS) is 12.2. The summed E-state index contributed by atoms with van der Waals surface area (Å²) in [5, 5.41) is 7.13. The van der Waals surface area contributed by atoms with Crippen LogP contribution in [-0.4, -0.2) is 31.4 Å². The van der Waals surface area contributed by atoms with E-state index in [0.717, 1.165) is 30.9 Å². The number of rotatable bonds is 7. The van der Waals surface area contributed by atoms with Crippen molar-refractivity contribution < 1.29 is 4.74 Å². The SMILES string of the molecule is CCCNC(=S)NC(CCC)COC. The van der Waals surface area contributed by atoms with Gasteiger partial charge >= 0.3 is 0 Å². The maximum Gasteiger partial charge on any atom is 0.166 e. The van der Waals surface area contributed by atoms with Crippen LogP contribution in [0.15, 0.2) is 0 Å². The molecular weight excluding hydrogens is 196 g/mol. The molecule has 0 spiro atoms. The molecule has 0 saturated heterocycles. The first kappa shape index (κ1) is 13.7. The van der Waals surface area contributed by atoms with Crippen molar-refractivity contribution in [3.63, 3.8) is 0 Å². The van der Waals surface area contributed by atoms with E-state index in [0.29, 0.717) is 12.6 Å². The molecule has 1 unspecified atom stereocenters. The average Bonchev–Trinajstić information content (AvgIpc) is 2.15. The summed E-state index contributed by atoms with van der Waals surface area (Å²) in [5.41, 5.74) is 0. The Morgan fingerprint density at radius 1 is 1.36 bits per heavy atom. The topological polar surface area (TPSA) is 33.3 Å². The Morgan fingerprint density at radius 3 is 2.57 bits per heavy atom. The van der Waals surface area contributed by atoms with Gasteiger partial charge < -0.3 is 15.4 Å². The fourth-order valence-corrected chi connectivity index (χ4v) is 1.49. The van der Waals surface area contributed by atoms with Gasteiger partial charge in [0, 0.05) is 13.7 Å². The molecule has 0 rings (SSSR count). The summed E-state index contributed by atoms with van der Waals surface area (Å²) >= 11 is 5.15. The Morgan fingerprint density at radius 2 is 2.07 bits per heavy atom. The molecule has 14 heavy (non-hydrogen) atoms. The third-order valence-electron chi connectivity index (χ3n) is 1.88. The molecule has 0 aromatic rings. The van der Waals surface area contributed by atoms with Crippen molar-refractivity contribution in [2.75, 3.05) is 20.3 Å². The molecule has 1 atom stereocenters. The summed E-state index contributed by atoms with van der Waals surface area (Å²) in [5.74, 6) is 0. The maximum atomic E-state index is 5.15. The Labute approximate surface area is 92.6 Å². The number of ether oxygens (including phenoxy) is 1. The monoisotopic (exact) mass is 218 g/mol. The quantitative estimate of drug-likeness (QED) is 0.637. The zero-order chi connectivity index (χ0) is 10.8. The highest BCUT2D eigenvalue weighted by Gasteiger charge is 2.07. The zero-order valence-corrected chi connectivity index (χ0v) is 10.2. The molecule has 0 aliphatic heterocycles. The van der Waals surface area contributed by atoms with Crippen LogP contribution in [0.25, 0.3) is 0 Å². The predicted molar refractivity (Wildman–Crippen MR) is 64.6 cm³/mol. The maximum absolute atomic E-state index is 5.15. The van der Waals surface area contributed by atoms with Gasteiger partial charge in [0.1, 0.15) is 0 Å². The van der Waals surface area contributed by atoms with Gasteiger partial charge in [0.05, 0.1) is 12.6 Å². The first-order chi connectivity index (χ1) is 6.74. The molecule has 0 heterocycles. The number of methoxy groups -OCH3 is 1. The Kier molecular flexibility index (Phi) is 8.98. The smallest absolute Gasteiger partial charge is 0.166 e. The Bertz CT molecular complexity index is 147. The largest absolute Gasteiger partial charge is 0.383 e. The summed E-state index contributed by atoms with van der Waals surface area (Å²) in [4.78, 5) is 0. The lowest BCUT2D eigenvalue weighted by atomic mass is 10.2. The third kappa shape index (κ3) is 7.09. The van der Waals surface area contributed by atoms with Crippen molar-refractivity contribution >= 4 is 17.3 Å². The fraction of sp³-hybridized carbons (Fsp3) is 0.900. The van der Waals surface area contributed by atoms with Crippen molar-refractivity contribution in [2.24, 2.45) is 0 Å². The number of thiocarbonyl (C=S) groups is 1. The molecule has 0 aromatic heterocycles. The molecule has 84 valence electrons. The Hall–Kier alpha value is -0.350. The van der Waals surface area contributed by atoms with Crippen molar-refractivity contribution in [3.05, 3.63) is 0 Å². The second kappa shape index (κ2) is 9.21. The van der Waals surface area contributed by atoms with Crippen LogP contribution >= 0.6 is 12.2 Å². The first-order valence-corrected chi connectivity index (χ1v) is 5.68. The van der Waals surface area contributed by atoms with Gasteiger partial charge in [0.15, 0.2) is 5.11 Å². The molecule has 4 heteroatoms. The number of hydrogen-bond acceptors (Lipinski definition) is 2. The van der Waals surface area contributed by atoms with Crippen LogP contribution in [0.4, 0.5) is 0 Å². The van der Waals surface area contributed by atoms with E-state index < -0.39 is 0 Å². The summed E-state index contributed by atoms with van der Waals surface area (Å²) < 4.78 is 5.11. The molecule has 0 amide bonds. The lowest BCUT2D eigenvalue weighted by Crippen LogP contribution is -2.44. The molecule has 0 aromatic carbocycles. The van der Waals surface area contributed by atoms with Gasteiger partial charge in [-0.05, 0) is 25.1 Å². The molecule has 0 bridgehead atoms. The molecule has 0 radical (unpaired) electrons. The summed E-state index contributed by atoms with van der Waals surface area (Å²) in [7, 11) is 1.72. The highest BCUT2D eigenvalue weighted by atomic mass is 32.1. The highest BCUT2D eigenvalue weighted by molar-refractivity contribution is 7.80. The van der Waals surface area contributed by atoms with Crippen LogP contribution in [0.2, 0.25) is 0 Å². The number of nitrogens with one attached hydrogen (secondary N) is 2. The molecule has 0 fully saturated rings. The third-order valence-corrected chi connectivity index (χ3v) is 2.14. The van der Waals surface area contributed by atoms with Gasteiger partial charge in [-0.2, -0.15) is 0 Å². The fourth-order valence-electron chi connectivity index (χ4n) is 1.22. The van der Waals surface area contributed by atoms with Gasteiger partial charge in [0.2, 0.25) is 0 Å². The highest BCUT2D eigenvalue weighted by Crippen LogP contribution is 1.96. The van der Waals surface area contributed by atoms with Gasteiger partial charge in [0.25, 0.3) is 0 Å². The van der Waals surface area contributed by atoms with Gasteiger partial charge in [-0.1, -0.05) is 20.3 Å². The first-order valence-electron chi connectivity index (χ1n) is 5.27. The molecule has 3 nitrogen and oxygen atoms in total. The van der Waals surface area contributed by atoms with E-state index in [1.54, 1.807) is 7.11 Å². The summed E-state index contributed by atoms with van der Waals surface area (Å²) in [6.45, 7) is 5.92. The Balaban J connectivity index is 3.71. The molecule has 2 N–H and O–H groups in total. The van der Waals surface area contributed by atoms with E-state index in [2.05, 4.69) is 24.5 Å². The second-order valence-corrected chi connectivity index (χ2v) is 3.75. The summed E-state index contributed by atoms with van der Waals surface area (Å²) in [6, 6.07) is 0.335. The van der Waals surface area contributed by atoms with Gasteiger partial charge in [-0.3, -0.25) is 0 Å². The molecule has 0 saturated carbocycles. The number of hydrogen-bond donors (Lipinski definition) is 2. The molecule has 0 aliphatic rings. The van der Waals surface area contributed by atoms with Crippen LogP contribution in [0.3, 0.4) is 0 Å². The van der Waals surface area contributed by atoms with Crippen LogP contribution in [0.5, 0.6) is 0 Å². The van der Waals surface area contributed by atoms with Crippen LogP contribution < -0.4 is 10.6 Å². The van der Waals surface area contributed by atoms with E-state index in [9.17, 15) is 0 Å². The van der Waals surface area contributed by atoms with E-state index in [4.69, 9.17) is 17.0 Å². The minimum Gasteiger partial charge on any atom is -0.383 e. The van der Waals surface area contributed by atoms with Gasteiger partial charge in [-0.25, -0.2) is 0 Å². The predicted octanol–water partition coefficient (Wildman–Crippen LogP) is 1.68. The lowest BCUT2D eigenvalue weighted by Gasteiger charge is -2.19. The van der Waals surface area contributed by atoms with Crippen molar-refractivity contribution in [1.82, 2.24) is 10.6 Å². The van der Waals surface area contributed by atoms with Gasteiger partial charge in [-0.15, -0.1) is 0 Å². The molecule has 0 aliphatic carbocycles. The second-order valence-electron chi connectivity index (χ2n) is 3.34. The van der Waals surface area contributed by atoms with Crippen molar-refractivity contribution in [2.45, 2.75) is 39.2 Å². The van der Waals surface area contributed by atoms with E-state index in [-0.39, 0.29) is 0 Å². The minimum absolute atomic E-state index is 0.335. The van der Waals surface area contributed by atoms with E-state index in [1.807, 2.05) is 0 Å². The lowest BCUT2D eigenvalue weighted by molar-refractivity contribution is 0.170. The minimum atomic E-state index is 0.335. The average molecular weight is 218 g/mol. The molecular formula is C10H22N2OS. The standard InChI is InChI=1S/C10H22N2OS/c1-4-6-9(8-13-3)12-10(14)11-7-5-2/h9H,4-8H2,1-3H3,(H2,11,12,14). The van der Waals surface area contributed by atoms with E-state index >= 15 is 0 Å². The van der Waals surface area contributed by atoms with Crippen LogP contribution in [0, 0.1) is 0 Å². The van der Waals surface area contributed by atoms with Crippen molar-refractivity contribution in [1.29, 1.82) is 0 Å². The summed E-state index contributed by atoms with van der Waals surface area (Å²) in [6.07, 6.45) is 3.31. The van der Waals surface area contributed by atoms with Crippen LogP contribution in [-0.2, 0) is 4.74 Å². The van der Waals surface area contributed by atoms with Crippen LogP contribution in [0.1, 0.15) is 33.1 Å². The zero-order valence-electron chi connectivity index (χ0n) is 9.43. The van der Waals surface area contributed by atoms with E-state index in [1.165, 1.54) is 0 Å².